The van der Waals surface area contributed by atoms with Crippen molar-refractivity contribution >= 4 is 11.3 Å². The molecule has 0 radical (unpaired) electrons. The van der Waals surface area contributed by atoms with E-state index in [9.17, 15) is 0 Å². The van der Waals surface area contributed by atoms with Crippen molar-refractivity contribution in [3.63, 3.8) is 0 Å². The molecule has 1 N–H and O–H groups in total. The number of rotatable bonds is 4. The molecule has 2 aromatic carbocycles. The molecule has 2 aliphatic heterocycles. The number of allylic oxidation sites excluding steroid dienone is 1. The minimum absolute atomic E-state index is 0.103. The molecular formula is C23H25NO3. The Labute approximate surface area is 160 Å². The molecule has 4 nitrogen and oxygen atoms in total. The van der Waals surface area contributed by atoms with Crippen LogP contribution < -0.4 is 14.8 Å². The molecule has 0 spiro atoms. The van der Waals surface area contributed by atoms with Gasteiger partial charge in [-0.2, -0.15) is 0 Å². The Kier molecular flexibility index (Phi) is 4.23. The summed E-state index contributed by atoms with van der Waals surface area (Å²) in [7, 11) is 1.68. The predicted molar refractivity (Wildman–Crippen MR) is 109 cm³/mol. The summed E-state index contributed by atoms with van der Waals surface area (Å²) in [5, 5.41) is 3.61. The first-order chi connectivity index (χ1) is 12.9. The van der Waals surface area contributed by atoms with Crippen LogP contribution in [0.3, 0.4) is 0 Å². The van der Waals surface area contributed by atoms with Gasteiger partial charge in [-0.3, -0.25) is 0 Å². The number of ether oxygens (including phenoxy) is 3. The highest BCUT2D eigenvalue weighted by Crippen LogP contribution is 2.52. The third-order valence-corrected chi connectivity index (χ3v) is 4.99. The van der Waals surface area contributed by atoms with Gasteiger partial charge in [0.25, 0.3) is 0 Å². The Bertz CT molecular complexity index is 943. The standard InChI is InChI=1S/C23H25NO3/c1-6-12-26-22-21-15(20-17(25-5)8-7-9-18(20)27-22)10-11-16-19(21)14(2)13-23(3,4)24-16/h6-11,13,22,24H,1,12H2,2-5H3/t22-/m1/s1. The fourth-order valence-corrected chi connectivity index (χ4v) is 4.10. The number of fused-ring (bicyclic) bond motifs is 5. The lowest BCUT2D eigenvalue weighted by atomic mass is 9.83. The molecule has 4 rings (SSSR count). The molecule has 0 aliphatic carbocycles. The normalized spacial score (nSPS) is 18.8. The van der Waals surface area contributed by atoms with Gasteiger partial charge in [-0.25, -0.2) is 0 Å². The Morgan fingerprint density at radius 2 is 2.04 bits per heavy atom. The summed E-state index contributed by atoms with van der Waals surface area (Å²) in [6.45, 7) is 10.7. The van der Waals surface area contributed by atoms with E-state index in [1.807, 2.05) is 18.2 Å². The molecule has 4 heteroatoms. The zero-order valence-electron chi connectivity index (χ0n) is 16.3. The molecule has 0 bridgehead atoms. The predicted octanol–water partition coefficient (Wildman–Crippen LogP) is 5.56. The zero-order chi connectivity index (χ0) is 19.2. The van der Waals surface area contributed by atoms with Crippen LogP contribution in [0.25, 0.3) is 16.7 Å². The highest BCUT2D eigenvalue weighted by molar-refractivity contribution is 5.91. The maximum absolute atomic E-state index is 6.26. The number of hydrogen-bond acceptors (Lipinski definition) is 4. The summed E-state index contributed by atoms with van der Waals surface area (Å²) in [5.41, 5.74) is 6.41. The van der Waals surface area contributed by atoms with Crippen LogP contribution in [0.2, 0.25) is 0 Å². The lowest BCUT2D eigenvalue weighted by Gasteiger charge is -2.37. The molecule has 2 aliphatic rings. The van der Waals surface area contributed by atoms with Gasteiger partial charge in [-0.15, -0.1) is 6.58 Å². The fourth-order valence-electron chi connectivity index (χ4n) is 4.10. The third-order valence-electron chi connectivity index (χ3n) is 4.99. The quantitative estimate of drug-likeness (QED) is 0.722. The maximum atomic E-state index is 6.26. The molecule has 2 heterocycles. The SMILES string of the molecule is C=CCO[C@@H]1Oc2cccc(OC)c2-c2ccc3c(c21)C(C)=CC(C)(C)N3. The zero-order valence-corrected chi connectivity index (χ0v) is 16.3. The highest BCUT2D eigenvalue weighted by atomic mass is 16.7. The minimum Gasteiger partial charge on any atom is -0.496 e. The Balaban J connectivity index is 1.98. The summed E-state index contributed by atoms with van der Waals surface area (Å²) in [6.07, 6.45) is 3.49. The van der Waals surface area contributed by atoms with E-state index < -0.39 is 6.29 Å². The van der Waals surface area contributed by atoms with Crippen molar-refractivity contribution in [1.29, 1.82) is 0 Å². The average Bonchev–Trinajstić information content (AvgIpc) is 2.63. The van der Waals surface area contributed by atoms with Crippen molar-refractivity contribution in [2.24, 2.45) is 0 Å². The average molecular weight is 363 g/mol. The Hall–Kier alpha value is -2.72. The Morgan fingerprint density at radius 1 is 1.22 bits per heavy atom. The van der Waals surface area contributed by atoms with Gasteiger partial charge in [0.15, 0.2) is 0 Å². The van der Waals surface area contributed by atoms with Crippen LogP contribution in [-0.4, -0.2) is 19.3 Å². The Morgan fingerprint density at radius 3 is 2.78 bits per heavy atom. The van der Waals surface area contributed by atoms with Gasteiger partial charge >= 0.3 is 0 Å². The summed E-state index contributed by atoms with van der Waals surface area (Å²) in [6, 6.07) is 10.1. The second-order valence-corrected chi connectivity index (χ2v) is 7.53. The van der Waals surface area contributed by atoms with E-state index in [1.54, 1.807) is 13.2 Å². The van der Waals surface area contributed by atoms with E-state index >= 15 is 0 Å². The van der Waals surface area contributed by atoms with Crippen molar-refractivity contribution in [2.75, 3.05) is 19.0 Å². The molecule has 0 fully saturated rings. The van der Waals surface area contributed by atoms with Gasteiger partial charge in [-0.05, 0) is 50.1 Å². The van der Waals surface area contributed by atoms with Gasteiger partial charge in [0.2, 0.25) is 6.29 Å². The highest BCUT2D eigenvalue weighted by Gasteiger charge is 2.35. The number of nitrogens with one attached hydrogen (secondary N) is 1. The van der Waals surface area contributed by atoms with Crippen LogP contribution in [0, 0.1) is 0 Å². The van der Waals surface area contributed by atoms with Gasteiger partial charge in [-0.1, -0.05) is 24.3 Å². The lowest BCUT2D eigenvalue weighted by molar-refractivity contribution is -0.0740. The smallest absolute Gasteiger partial charge is 0.228 e. The first kappa shape index (κ1) is 17.7. The number of methoxy groups -OCH3 is 1. The van der Waals surface area contributed by atoms with E-state index in [4.69, 9.17) is 14.2 Å². The second-order valence-electron chi connectivity index (χ2n) is 7.53. The molecule has 0 amide bonds. The van der Waals surface area contributed by atoms with Crippen LogP contribution in [0.5, 0.6) is 11.5 Å². The van der Waals surface area contributed by atoms with Gasteiger partial charge in [0, 0.05) is 16.8 Å². The van der Waals surface area contributed by atoms with Crippen LogP contribution >= 0.6 is 0 Å². The van der Waals surface area contributed by atoms with Gasteiger partial charge in [0.1, 0.15) is 11.5 Å². The van der Waals surface area contributed by atoms with Crippen molar-refractivity contribution in [2.45, 2.75) is 32.6 Å². The van der Waals surface area contributed by atoms with Crippen molar-refractivity contribution in [1.82, 2.24) is 0 Å². The molecule has 2 aromatic rings. The van der Waals surface area contributed by atoms with E-state index in [0.29, 0.717) is 6.61 Å². The largest absolute Gasteiger partial charge is 0.496 e. The maximum Gasteiger partial charge on any atom is 0.228 e. The lowest BCUT2D eigenvalue weighted by Crippen LogP contribution is -2.32. The summed E-state index contributed by atoms with van der Waals surface area (Å²) in [4.78, 5) is 0. The number of anilines is 1. The number of hydrogen-bond donors (Lipinski definition) is 1. The molecule has 1 atom stereocenters. The molecular weight excluding hydrogens is 338 g/mol. The summed E-state index contributed by atoms with van der Waals surface area (Å²) < 4.78 is 17.9. The molecule has 0 saturated heterocycles. The van der Waals surface area contributed by atoms with Crippen molar-refractivity contribution in [3.8, 4) is 22.6 Å². The van der Waals surface area contributed by atoms with Crippen molar-refractivity contribution < 1.29 is 14.2 Å². The van der Waals surface area contributed by atoms with E-state index in [1.165, 1.54) is 5.57 Å². The first-order valence-corrected chi connectivity index (χ1v) is 9.16. The van der Waals surface area contributed by atoms with Crippen molar-refractivity contribution in [3.05, 3.63) is 60.2 Å². The van der Waals surface area contributed by atoms with E-state index in [-0.39, 0.29) is 5.54 Å². The van der Waals surface area contributed by atoms with E-state index in [2.05, 4.69) is 50.9 Å². The molecule has 140 valence electrons. The van der Waals surface area contributed by atoms with Crippen LogP contribution in [-0.2, 0) is 4.74 Å². The number of benzene rings is 2. The first-order valence-electron chi connectivity index (χ1n) is 9.16. The minimum atomic E-state index is -0.501. The second kappa shape index (κ2) is 6.46. The monoisotopic (exact) mass is 363 g/mol. The van der Waals surface area contributed by atoms with Crippen LogP contribution in [0.15, 0.2) is 49.1 Å². The molecule has 27 heavy (non-hydrogen) atoms. The molecule has 0 aromatic heterocycles. The van der Waals surface area contributed by atoms with E-state index in [0.717, 1.165) is 39.4 Å². The molecule has 0 unspecified atom stereocenters. The summed E-state index contributed by atoms with van der Waals surface area (Å²) in [5.74, 6) is 1.56. The van der Waals surface area contributed by atoms with Gasteiger partial charge in [0.05, 0.1) is 24.8 Å². The van der Waals surface area contributed by atoms with Crippen LogP contribution in [0.1, 0.15) is 38.2 Å². The van der Waals surface area contributed by atoms with Crippen LogP contribution in [0.4, 0.5) is 5.69 Å². The molecule has 0 saturated carbocycles. The fraction of sp³-hybridized carbons (Fsp3) is 0.304. The topological polar surface area (TPSA) is 39.7 Å². The third kappa shape index (κ3) is 2.90. The summed E-state index contributed by atoms with van der Waals surface area (Å²) >= 11 is 0. The van der Waals surface area contributed by atoms with Gasteiger partial charge < -0.3 is 19.5 Å².